The number of phenolic OH excluding ortho intramolecular Hbond substituents is 2. The second-order valence-electron chi connectivity index (χ2n) is 2.57. The molecule has 0 aliphatic rings. The van der Waals surface area contributed by atoms with Gasteiger partial charge in [-0.25, -0.2) is 0 Å². The van der Waals surface area contributed by atoms with Gasteiger partial charge < -0.3 is 10.2 Å². The van der Waals surface area contributed by atoms with Gasteiger partial charge in [-0.15, -0.1) is 11.6 Å². The predicted octanol–water partition coefficient (Wildman–Crippen LogP) is 1.91. The molecule has 0 aromatic heterocycles. The lowest BCUT2D eigenvalue weighted by atomic mass is 10.1. The third kappa shape index (κ3) is 2.36. The molecule has 0 unspecified atom stereocenters. The number of aromatic hydroxyl groups is 2. The lowest BCUT2D eigenvalue weighted by molar-refractivity contribution is 0.0989. The fraction of sp³-hybridized carbons (Fsp3) is 0.222. The summed E-state index contributed by atoms with van der Waals surface area (Å²) < 4.78 is 0. The van der Waals surface area contributed by atoms with Gasteiger partial charge in [0.25, 0.3) is 0 Å². The number of Topliss-reactive ketones (excluding diaryl/α,β-unsaturated/α-hetero) is 1. The number of carbonyl (C=O) groups is 1. The number of hydrogen-bond acceptors (Lipinski definition) is 3. The van der Waals surface area contributed by atoms with Crippen LogP contribution in [0.2, 0.25) is 0 Å². The Bertz CT molecular complexity index is 323. The van der Waals surface area contributed by atoms with Crippen molar-refractivity contribution >= 4 is 17.4 Å². The molecule has 0 atom stereocenters. The largest absolute Gasteiger partial charge is 0.504 e. The van der Waals surface area contributed by atoms with E-state index in [1.165, 1.54) is 18.2 Å². The molecule has 3 nitrogen and oxygen atoms in total. The van der Waals surface area contributed by atoms with E-state index in [-0.39, 0.29) is 29.6 Å². The van der Waals surface area contributed by atoms with Crippen molar-refractivity contribution in [2.45, 2.75) is 6.42 Å². The Hall–Kier alpha value is -1.22. The molecule has 0 radical (unpaired) electrons. The summed E-state index contributed by atoms with van der Waals surface area (Å²) in [6, 6.07) is 3.95. The average Bonchev–Trinajstić information content (AvgIpc) is 2.10. The first kappa shape index (κ1) is 9.86. The smallest absolute Gasteiger partial charge is 0.164 e. The first-order valence-corrected chi connectivity index (χ1v) is 4.29. The molecule has 0 amide bonds. The zero-order chi connectivity index (χ0) is 9.84. The van der Waals surface area contributed by atoms with Crippen LogP contribution >= 0.6 is 11.6 Å². The summed E-state index contributed by atoms with van der Waals surface area (Å²) in [4.78, 5) is 11.2. The van der Waals surface area contributed by atoms with Crippen molar-refractivity contribution in [2.75, 3.05) is 5.88 Å². The van der Waals surface area contributed by atoms with Gasteiger partial charge in [0.1, 0.15) is 0 Å². The van der Waals surface area contributed by atoms with Crippen LogP contribution in [0.15, 0.2) is 18.2 Å². The van der Waals surface area contributed by atoms with Crippen molar-refractivity contribution in [3.63, 3.8) is 0 Å². The molecule has 0 fully saturated rings. The Balaban J connectivity index is 2.90. The number of carbonyl (C=O) groups excluding carboxylic acids is 1. The number of hydrogen-bond donors (Lipinski definition) is 2. The van der Waals surface area contributed by atoms with E-state index in [4.69, 9.17) is 21.8 Å². The van der Waals surface area contributed by atoms with Crippen LogP contribution in [0.4, 0.5) is 0 Å². The van der Waals surface area contributed by atoms with E-state index in [1.807, 2.05) is 0 Å². The predicted molar refractivity (Wildman–Crippen MR) is 49.4 cm³/mol. The average molecular weight is 201 g/mol. The van der Waals surface area contributed by atoms with Crippen LogP contribution in [-0.2, 0) is 0 Å². The zero-order valence-electron chi connectivity index (χ0n) is 6.83. The number of ketones is 1. The van der Waals surface area contributed by atoms with Crippen molar-refractivity contribution in [2.24, 2.45) is 0 Å². The van der Waals surface area contributed by atoms with Crippen LogP contribution in [0.3, 0.4) is 0 Å². The lowest BCUT2D eigenvalue weighted by Gasteiger charge is -2.00. The van der Waals surface area contributed by atoms with Crippen LogP contribution in [-0.4, -0.2) is 21.9 Å². The molecule has 0 heterocycles. The number of phenols is 2. The van der Waals surface area contributed by atoms with Gasteiger partial charge in [-0.2, -0.15) is 0 Å². The monoisotopic (exact) mass is 200 g/mol. The maximum atomic E-state index is 11.2. The number of rotatable bonds is 3. The Kier molecular flexibility index (Phi) is 3.14. The highest BCUT2D eigenvalue weighted by atomic mass is 35.5. The Morgan fingerprint density at radius 1 is 1.31 bits per heavy atom. The van der Waals surface area contributed by atoms with Crippen molar-refractivity contribution in [3.8, 4) is 11.5 Å². The van der Waals surface area contributed by atoms with Crippen LogP contribution in [0.5, 0.6) is 11.5 Å². The minimum Gasteiger partial charge on any atom is -0.504 e. The Morgan fingerprint density at radius 2 is 2.00 bits per heavy atom. The highest BCUT2D eigenvalue weighted by Gasteiger charge is 2.07. The normalized spacial score (nSPS) is 9.92. The minimum atomic E-state index is -0.291. The minimum absolute atomic E-state index is 0.148. The van der Waals surface area contributed by atoms with Gasteiger partial charge >= 0.3 is 0 Å². The molecule has 1 rings (SSSR count). The van der Waals surface area contributed by atoms with E-state index >= 15 is 0 Å². The number of halogens is 1. The van der Waals surface area contributed by atoms with E-state index in [0.717, 1.165) is 0 Å². The number of alkyl halides is 1. The van der Waals surface area contributed by atoms with E-state index in [1.54, 1.807) is 0 Å². The molecule has 4 heteroatoms. The van der Waals surface area contributed by atoms with Crippen LogP contribution in [0, 0.1) is 0 Å². The quantitative estimate of drug-likeness (QED) is 0.445. The summed E-state index contributed by atoms with van der Waals surface area (Å²) in [6.07, 6.45) is 0.228. The molecule has 0 aliphatic carbocycles. The maximum Gasteiger partial charge on any atom is 0.164 e. The van der Waals surface area contributed by atoms with Crippen LogP contribution in [0.1, 0.15) is 16.8 Å². The zero-order valence-corrected chi connectivity index (χ0v) is 7.58. The van der Waals surface area contributed by atoms with Crippen molar-refractivity contribution in [1.82, 2.24) is 0 Å². The van der Waals surface area contributed by atoms with Gasteiger partial charge in [-0.1, -0.05) is 0 Å². The van der Waals surface area contributed by atoms with E-state index in [9.17, 15) is 4.79 Å². The summed E-state index contributed by atoms with van der Waals surface area (Å²) in [6.45, 7) is 0. The first-order valence-electron chi connectivity index (χ1n) is 3.76. The molecule has 0 saturated heterocycles. The Labute approximate surface area is 80.6 Å². The van der Waals surface area contributed by atoms with E-state index in [0.29, 0.717) is 5.56 Å². The fourth-order valence-electron chi connectivity index (χ4n) is 0.927. The van der Waals surface area contributed by atoms with Crippen LogP contribution in [0.25, 0.3) is 0 Å². The van der Waals surface area contributed by atoms with Crippen LogP contribution < -0.4 is 0 Å². The van der Waals surface area contributed by atoms with Crippen molar-refractivity contribution < 1.29 is 15.0 Å². The standard InChI is InChI=1S/C9H9ClO3/c10-4-3-7(11)6-1-2-8(12)9(13)5-6/h1-2,5,12-13H,3-4H2. The fourth-order valence-corrected chi connectivity index (χ4v) is 1.10. The molecule has 2 N–H and O–H groups in total. The third-order valence-corrected chi connectivity index (χ3v) is 1.81. The molecule has 0 saturated carbocycles. The molecule has 0 spiro atoms. The first-order chi connectivity index (χ1) is 6.15. The second kappa shape index (κ2) is 4.14. The molecule has 13 heavy (non-hydrogen) atoms. The molecule has 1 aromatic rings. The summed E-state index contributed by atoms with van der Waals surface area (Å²) in [5.74, 6) is -0.423. The highest BCUT2D eigenvalue weighted by molar-refractivity contribution is 6.19. The van der Waals surface area contributed by atoms with Gasteiger partial charge in [-0.05, 0) is 18.2 Å². The molecule has 1 aromatic carbocycles. The summed E-state index contributed by atoms with van der Waals surface area (Å²) in [5.41, 5.74) is 0.357. The summed E-state index contributed by atoms with van der Waals surface area (Å²) in [5, 5.41) is 18.1. The van der Waals surface area contributed by atoms with Crippen molar-refractivity contribution in [1.29, 1.82) is 0 Å². The summed E-state index contributed by atoms with van der Waals surface area (Å²) in [7, 11) is 0. The topological polar surface area (TPSA) is 57.5 Å². The SMILES string of the molecule is O=C(CCCl)c1ccc(O)c(O)c1. The molecular formula is C9H9ClO3. The van der Waals surface area contributed by atoms with Gasteiger partial charge in [0.15, 0.2) is 17.3 Å². The highest BCUT2D eigenvalue weighted by Crippen LogP contribution is 2.25. The number of benzene rings is 1. The van der Waals surface area contributed by atoms with E-state index < -0.39 is 0 Å². The van der Waals surface area contributed by atoms with E-state index in [2.05, 4.69) is 0 Å². The molecule has 0 aliphatic heterocycles. The molecule has 70 valence electrons. The van der Waals surface area contributed by atoms with Gasteiger partial charge in [0.05, 0.1) is 0 Å². The third-order valence-electron chi connectivity index (χ3n) is 1.62. The van der Waals surface area contributed by atoms with Gasteiger partial charge in [-0.3, -0.25) is 4.79 Å². The summed E-state index contributed by atoms with van der Waals surface area (Å²) >= 11 is 5.38. The second-order valence-corrected chi connectivity index (χ2v) is 2.94. The molecular weight excluding hydrogens is 192 g/mol. The van der Waals surface area contributed by atoms with Gasteiger partial charge in [0, 0.05) is 17.9 Å². The Morgan fingerprint density at radius 3 is 2.54 bits per heavy atom. The van der Waals surface area contributed by atoms with Gasteiger partial charge in [0.2, 0.25) is 0 Å². The van der Waals surface area contributed by atoms with Crippen molar-refractivity contribution in [3.05, 3.63) is 23.8 Å². The maximum absolute atomic E-state index is 11.2. The molecule has 0 bridgehead atoms. The lowest BCUT2D eigenvalue weighted by Crippen LogP contribution is -1.98.